The van der Waals surface area contributed by atoms with Gasteiger partial charge in [0.15, 0.2) is 0 Å². The maximum atomic E-state index is 13.9. The molecule has 0 saturated carbocycles. The molecule has 0 atom stereocenters. The van der Waals surface area contributed by atoms with Gasteiger partial charge in [0.2, 0.25) is 5.78 Å². The minimum atomic E-state index is -0.444. The fourth-order valence-electron chi connectivity index (χ4n) is 4.50. The van der Waals surface area contributed by atoms with Crippen LogP contribution in [-0.2, 0) is 11.2 Å². The highest BCUT2D eigenvalue weighted by Gasteiger charge is 2.29. The molecule has 0 unspecified atom stereocenters. The van der Waals surface area contributed by atoms with Crippen molar-refractivity contribution in [3.63, 3.8) is 0 Å². The number of hydrogen-bond acceptors (Lipinski definition) is 3. The smallest absolute Gasteiger partial charge is 0.340 e. The Kier molecular flexibility index (Phi) is 6.83. The Balaban J connectivity index is 1.78. The molecular weight excluding hydrogens is 514 g/mol. The van der Waals surface area contributed by atoms with Gasteiger partial charge in [0.1, 0.15) is 5.69 Å². The van der Waals surface area contributed by atoms with Crippen molar-refractivity contribution in [2.45, 2.75) is 13.3 Å². The van der Waals surface area contributed by atoms with Crippen LogP contribution in [0.2, 0.25) is 0 Å². The van der Waals surface area contributed by atoms with Crippen LogP contribution >= 0.6 is 15.9 Å². The lowest BCUT2D eigenvalue weighted by atomic mass is 9.96. The highest BCUT2D eigenvalue weighted by atomic mass is 79.9. The second-order valence-electron chi connectivity index (χ2n) is 8.47. The first-order chi connectivity index (χ1) is 17.6. The van der Waals surface area contributed by atoms with Gasteiger partial charge in [0.25, 0.3) is 0 Å². The third kappa shape index (κ3) is 4.62. The second-order valence-corrected chi connectivity index (χ2v) is 9.39. The van der Waals surface area contributed by atoms with Gasteiger partial charge in [-0.05, 0) is 66.4 Å². The molecule has 0 aliphatic carbocycles. The number of carbonyl (C=O) groups excluding carboxylic acids is 2. The minimum Gasteiger partial charge on any atom is -0.462 e. The monoisotopic (exact) mass is 537 g/mol. The number of nitrogens with zero attached hydrogens (tertiary/aromatic N) is 1. The standard InChI is InChI=1S/C31H24BrNO3/c1-2-36-31(35)28-26-20-22(19-21-9-5-3-6-10-21)17-18-33(26)29(27(28)23-11-7-4-8-12-23)30(34)24-13-15-25(32)16-14-24/h3-18,20H,2,19H2,1H3. The predicted molar refractivity (Wildman–Crippen MR) is 146 cm³/mol. The number of rotatable bonds is 7. The zero-order valence-corrected chi connectivity index (χ0v) is 21.4. The third-order valence-corrected chi connectivity index (χ3v) is 6.65. The van der Waals surface area contributed by atoms with E-state index in [-0.39, 0.29) is 12.4 Å². The van der Waals surface area contributed by atoms with Gasteiger partial charge in [-0.1, -0.05) is 76.6 Å². The van der Waals surface area contributed by atoms with E-state index in [1.807, 2.05) is 83.4 Å². The number of fused-ring (bicyclic) bond motifs is 1. The van der Waals surface area contributed by atoms with Crippen LogP contribution in [-0.4, -0.2) is 22.8 Å². The lowest BCUT2D eigenvalue weighted by Gasteiger charge is -2.08. The third-order valence-electron chi connectivity index (χ3n) is 6.12. The topological polar surface area (TPSA) is 47.8 Å². The Labute approximate surface area is 218 Å². The van der Waals surface area contributed by atoms with E-state index in [4.69, 9.17) is 4.74 Å². The predicted octanol–water partition coefficient (Wildman–Crippen LogP) is 7.37. The van der Waals surface area contributed by atoms with Gasteiger partial charge in [-0.2, -0.15) is 0 Å². The Morgan fingerprint density at radius 2 is 1.50 bits per heavy atom. The quantitative estimate of drug-likeness (QED) is 0.161. The molecule has 0 amide bonds. The lowest BCUT2D eigenvalue weighted by Crippen LogP contribution is -2.08. The summed E-state index contributed by atoms with van der Waals surface area (Å²) in [7, 11) is 0. The van der Waals surface area contributed by atoms with Gasteiger partial charge >= 0.3 is 5.97 Å². The minimum absolute atomic E-state index is 0.164. The Morgan fingerprint density at radius 3 is 2.17 bits per heavy atom. The number of pyridine rings is 1. The summed E-state index contributed by atoms with van der Waals surface area (Å²) in [5, 5.41) is 0. The van der Waals surface area contributed by atoms with Gasteiger partial charge in [-0.25, -0.2) is 4.79 Å². The van der Waals surface area contributed by atoms with Crippen molar-refractivity contribution < 1.29 is 14.3 Å². The molecule has 0 saturated heterocycles. The molecule has 3 aromatic carbocycles. The Morgan fingerprint density at radius 1 is 0.833 bits per heavy atom. The van der Waals surface area contributed by atoms with Crippen LogP contribution in [0, 0.1) is 0 Å². The summed E-state index contributed by atoms with van der Waals surface area (Å²) in [5.74, 6) is -0.608. The molecule has 5 aromatic rings. The molecule has 5 rings (SSSR count). The second kappa shape index (κ2) is 10.3. The van der Waals surface area contributed by atoms with Gasteiger partial charge in [0, 0.05) is 21.8 Å². The molecule has 36 heavy (non-hydrogen) atoms. The molecule has 0 N–H and O–H groups in total. The molecule has 178 valence electrons. The Hall–Kier alpha value is -3.96. The SMILES string of the molecule is CCOC(=O)c1c(-c2ccccc2)c(C(=O)c2ccc(Br)cc2)n2ccc(Cc3ccccc3)cc12. The number of ketones is 1. The van der Waals surface area contributed by atoms with E-state index in [1.165, 1.54) is 5.56 Å². The molecule has 0 radical (unpaired) electrons. The van der Waals surface area contributed by atoms with Gasteiger partial charge in [0.05, 0.1) is 17.7 Å². The zero-order chi connectivity index (χ0) is 25.1. The normalized spacial score (nSPS) is 10.9. The summed E-state index contributed by atoms with van der Waals surface area (Å²) in [6.07, 6.45) is 2.59. The molecule has 4 nitrogen and oxygen atoms in total. The summed E-state index contributed by atoms with van der Waals surface area (Å²) in [5.41, 5.74) is 5.61. The summed E-state index contributed by atoms with van der Waals surface area (Å²) in [6.45, 7) is 2.02. The van der Waals surface area contributed by atoms with Crippen molar-refractivity contribution in [2.75, 3.05) is 6.61 Å². The summed E-state index contributed by atoms with van der Waals surface area (Å²) >= 11 is 3.44. The van der Waals surface area contributed by atoms with E-state index < -0.39 is 5.97 Å². The highest BCUT2D eigenvalue weighted by Crippen LogP contribution is 2.36. The Bertz CT molecular complexity index is 1540. The molecule has 0 spiro atoms. The van der Waals surface area contributed by atoms with Crippen LogP contribution in [0.5, 0.6) is 0 Å². The maximum absolute atomic E-state index is 13.9. The van der Waals surface area contributed by atoms with E-state index >= 15 is 0 Å². The maximum Gasteiger partial charge on any atom is 0.340 e. The molecule has 5 heteroatoms. The highest BCUT2D eigenvalue weighted by molar-refractivity contribution is 9.10. The number of hydrogen-bond donors (Lipinski definition) is 0. The van der Waals surface area contributed by atoms with Crippen molar-refractivity contribution >= 4 is 33.2 Å². The number of benzene rings is 3. The van der Waals surface area contributed by atoms with Crippen molar-refractivity contribution in [3.05, 3.63) is 136 Å². The van der Waals surface area contributed by atoms with Crippen molar-refractivity contribution in [1.82, 2.24) is 4.40 Å². The first-order valence-electron chi connectivity index (χ1n) is 11.8. The summed E-state index contributed by atoms with van der Waals surface area (Å²) in [4.78, 5) is 27.3. The van der Waals surface area contributed by atoms with E-state index in [1.54, 1.807) is 19.1 Å². The van der Waals surface area contributed by atoms with Crippen LogP contribution in [0.15, 0.2) is 108 Å². The fraction of sp³-hybridized carbons (Fsp3) is 0.0968. The molecule has 0 aliphatic heterocycles. The van der Waals surface area contributed by atoms with E-state index in [0.717, 1.165) is 15.6 Å². The molecule has 2 heterocycles. The molecule has 2 aromatic heterocycles. The first kappa shape index (κ1) is 23.8. The summed E-state index contributed by atoms with van der Waals surface area (Å²) in [6, 6.07) is 31.0. The number of carbonyl (C=O) groups is 2. The van der Waals surface area contributed by atoms with Gasteiger partial charge in [-0.15, -0.1) is 0 Å². The van der Waals surface area contributed by atoms with Crippen molar-refractivity contribution in [2.24, 2.45) is 0 Å². The van der Waals surface area contributed by atoms with E-state index in [9.17, 15) is 9.59 Å². The van der Waals surface area contributed by atoms with Crippen LogP contribution in [0.4, 0.5) is 0 Å². The molecule has 0 bridgehead atoms. The molecule has 0 fully saturated rings. The van der Waals surface area contributed by atoms with E-state index in [2.05, 4.69) is 28.1 Å². The lowest BCUT2D eigenvalue weighted by molar-refractivity contribution is 0.0529. The number of halogens is 1. The van der Waals surface area contributed by atoms with Gasteiger partial charge in [-0.3, -0.25) is 4.79 Å². The largest absolute Gasteiger partial charge is 0.462 e. The number of aromatic nitrogens is 1. The molecular formula is C31H24BrNO3. The zero-order valence-electron chi connectivity index (χ0n) is 19.8. The van der Waals surface area contributed by atoms with Crippen molar-refractivity contribution in [3.8, 4) is 11.1 Å². The van der Waals surface area contributed by atoms with Gasteiger partial charge < -0.3 is 9.14 Å². The summed E-state index contributed by atoms with van der Waals surface area (Å²) < 4.78 is 8.22. The van der Waals surface area contributed by atoms with E-state index in [0.29, 0.717) is 34.3 Å². The van der Waals surface area contributed by atoms with Crippen LogP contribution < -0.4 is 0 Å². The average molecular weight is 538 g/mol. The fourth-order valence-corrected chi connectivity index (χ4v) is 4.76. The number of esters is 1. The van der Waals surface area contributed by atoms with Crippen molar-refractivity contribution in [1.29, 1.82) is 0 Å². The van der Waals surface area contributed by atoms with Crippen LogP contribution in [0.1, 0.15) is 44.5 Å². The molecule has 0 aliphatic rings. The van der Waals surface area contributed by atoms with Crippen LogP contribution in [0.3, 0.4) is 0 Å². The van der Waals surface area contributed by atoms with Crippen LogP contribution in [0.25, 0.3) is 16.6 Å². The number of ether oxygens (including phenoxy) is 1. The average Bonchev–Trinajstić information content (AvgIpc) is 3.24. The first-order valence-corrected chi connectivity index (χ1v) is 12.6.